The van der Waals surface area contributed by atoms with Crippen molar-refractivity contribution in [3.63, 3.8) is 0 Å². The van der Waals surface area contributed by atoms with Crippen LogP contribution in [0.25, 0.3) is 17.3 Å². The average molecular weight is 409 g/mol. The smallest absolute Gasteiger partial charge is 0.250 e. The van der Waals surface area contributed by atoms with Gasteiger partial charge in [0.1, 0.15) is 11.5 Å². The van der Waals surface area contributed by atoms with E-state index in [1.165, 1.54) is 17.4 Å². The minimum Gasteiger partial charge on any atom is -0.493 e. The number of rotatable bonds is 9. The molecule has 0 radical (unpaired) electrons. The quantitative estimate of drug-likeness (QED) is 0.465. The van der Waals surface area contributed by atoms with Crippen LogP contribution < -0.4 is 14.8 Å². The summed E-state index contributed by atoms with van der Waals surface area (Å²) in [5.74, 6) is 1.30. The van der Waals surface area contributed by atoms with Gasteiger partial charge in [-0.25, -0.2) is 4.98 Å². The van der Waals surface area contributed by atoms with Gasteiger partial charge in [-0.3, -0.25) is 10.1 Å². The Morgan fingerprint density at radius 3 is 2.62 bits per heavy atom. The summed E-state index contributed by atoms with van der Waals surface area (Å²) in [4.78, 5) is 16.9. The molecule has 0 atom stereocenters. The second-order valence-electron chi connectivity index (χ2n) is 6.18. The van der Waals surface area contributed by atoms with Crippen molar-refractivity contribution in [1.82, 2.24) is 4.98 Å². The van der Waals surface area contributed by atoms with E-state index in [0.29, 0.717) is 18.3 Å². The number of anilines is 1. The molecule has 0 aliphatic carbocycles. The number of thiazole rings is 1. The van der Waals surface area contributed by atoms with Crippen molar-refractivity contribution in [1.29, 1.82) is 0 Å². The lowest BCUT2D eigenvalue weighted by molar-refractivity contribution is -0.111. The number of carbonyl (C=O) groups is 1. The van der Waals surface area contributed by atoms with E-state index in [2.05, 4.69) is 17.2 Å². The van der Waals surface area contributed by atoms with Gasteiger partial charge in [-0.05, 0) is 37.6 Å². The highest BCUT2D eigenvalue weighted by atomic mass is 32.1. The number of carbonyl (C=O) groups excluding carboxylic acids is 1. The highest BCUT2D eigenvalue weighted by Crippen LogP contribution is 2.32. The summed E-state index contributed by atoms with van der Waals surface area (Å²) >= 11 is 1.38. The van der Waals surface area contributed by atoms with Gasteiger partial charge in [0.25, 0.3) is 0 Å². The zero-order chi connectivity index (χ0) is 20.5. The Kier molecular flexibility index (Phi) is 7.41. The maximum Gasteiger partial charge on any atom is 0.250 e. The predicted molar refractivity (Wildman–Crippen MR) is 119 cm³/mol. The van der Waals surface area contributed by atoms with Gasteiger partial charge in [0.15, 0.2) is 5.13 Å². The van der Waals surface area contributed by atoms with Gasteiger partial charge in [0, 0.05) is 22.6 Å². The van der Waals surface area contributed by atoms with Crippen molar-refractivity contribution in [2.24, 2.45) is 0 Å². The van der Waals surface area contributed by atoms with E-state index in [-0.39, 0.29) is 5.91 Å². The Hall–Kier alpha value is -3.12. The van der Waals surface area contributed by atoms with E-state index >= 15 is 0 Å². The van der Waals surface area contributed by atoms with Crippen molar-refractivity contribution in [3.05, 3.63) is 65.6 Å². The first kappa shape index (κ1) is 20.6. The lowest BCUT2D eigenvalue weighted by Crippen LogP contribution is -2.07. The molecule has 0 aliphatic heterocycles. The highest BCUT2D eigenvalue weighted by molar-refractivity contribution is 7.14. The van der Waals surface area contributed by atoms with Crippen LogP contribution in [0.5, 0.6) is 11.5 Å². The first-order chi connectivity index (χ1) is 14.2. The topological polar surface area (TPSA) is 60.5 Å². The molecule has 0 aliphatic rings. The zero-order valence-electron chi connectivity index (χ0n) is 16.6. The summed E-state index contributed by atoms with van der Waals surface area (Å²) in [7, 11) is 0. The van der Waals surface area contributed by atoms with E-state index < -0.39 is 0 Å². The predicted octanol–water partition coefficient (Wildman–Crippen LogP) is 5.65. The van der Waals surface area contributed by atoms with Crippen LogP contribution in [0.2, 0.25) is 0 Å². The van der Waals surface area contributed by atoms with Crippen LogP contribution in [0.15, 0.2) is 60.0 Å². The molecule has 0 bridgehead atoms. The molecule has 6 heteroatoms. The molecule has 0 spiro atoms. The van der Waals surface area contributed by atoms with Crippen LogP contribution in [0.3, 0.4) is 0 Å². The Balaban J connectivity index is 1.68. The molecule has 0 saturated heterocycles. The summed E-state index contributed by atoms with van der Waals surface area (Å²) in [6.45, 7) is 5.23. The number of benzene rings is 2. The summed E-state index contributed by atoms with van der Waals surface area (Å²) in [5, 5.41) is 5.26. The maximum absolute atomic E-state index is 12.3. The third-order valence-electron chi connectivity index (χ3n) is 3.99. The van der Waals surface area contributed by atoms with E-state index in [1.54, 1.807) is 6.08 Å². The van der Waals surface area contributed by atoms with Gasteiger partial charge in [-0.15, -0.1) is 11.3 Å². The summed E-state index contributed by atoms with van der Waals surface area (Å²) in [5.41, 5.74) is 2.54. The SMILES string of the molecule is CCCOc1ccccc1C=CC(=O)Nc1nc(-c2ccccc2OCC)cs1. The molecule has 1 N–H and O–H groups in total. The summed E-state index contributed by atoms with van der Waals surface area (Å²) in [6.07, 6.45) is 4.17. The molecule has 1 aromatic heterocycles. The normalized spacial score (nSPS) is 10.8. The van der Waals surface area contributed by atoms with Gasteiger partial charge in [-0.1, -0.05) is 37.3 Å². The van der Waals surface area contributed by atoms with Crippen LogP contribution in [0.1, 0.15) is 25.8 Å². The van der Waals surface area contributed by atoms with Crippen molar-refractivity contribution in [3.8, 4) is 22.8 Å². The highest BCUT2D eigenvalue weighted by Gasteiger charge is 2.11. The van der Waals surface area contributed by atoms with Crippen LogP contribution in [-0.4, -0.2) is 24.1 Å². The van der Waals surface area contributed by atoms with Crippen LogP contribution in [0.4, 0.5) is 5.13 Å². The monoisotopic (exact) mass is 408 g/mol. The van der Waals surface area contributed by atoms with E-state index in [4.69, 9.17) is 9.47 Å². The Bertz CT molecular complexity index is 982. The second-order valence-corrected chi connectivity index (χ2v) is 7.03. The third kappa shape index (κ3) is 5.68. The molecule has 29 heavy (non-hydrogen) atoms. The molecular weight excluding hydrogens is 384 g/mol. The fourth-order valence-electron chi connectivity index (χ4n) is 2.69. The molecule has 0 unspecified atom stereocenters. The largest absolute Gasteiger partial charge is 0.493 e. The first-order valence-corrected chi connectivity index (χ1v) is 10.5. The van der Waals surface area contributed by atoms with Gasteiger partial charge >= 0.3 is 0 Å². The molecular formula is C23H24N2O3S. The fraction of sp³-hybridized carbons (Fsp3) is 0.217. The maximum atomic E-state index is 12.3. The lowest BCUT2D eigenvalue weighted by Gasteiger charge is -2.07. The molecule has 3 aromatic rings. The standard InChI is InChI=1S/C23H24N2O3S/c1-3-15-28-20-11-7-5-9-17(20)13-14-22(26)25-23-24-19(16-29-23)18-10-6-8-12-21(18)27-4-2/h5-14,16H,3-4,15H2,1-2H3,(H,24,25,26). The molecule has 2 aromatic carbocycles. The van der Waals surface area contributed by atoms with E-state index in [1.807, 2.05) is 60.8 Å². The van der Waals surface area contributed by atoms with Crippen molar-refractivity contribution in [2.75, 3.05) is 18.5 Å². The minimum absolute atomic E-state index is 0.241. The van der Waals surface area contributed by atoms with Crippen molar-refractivity contribution in [2.45, 2.75) is 20.3 Å². The molecule has 0 fully saturated rings. The molecule has 150 valence electrons. The summed E-state index contributed by atoms with van der Waals surface area (Å²) in [6, 6.07) is 15.4. The van der Waals surface area contributed by atoms with Gasteiger partial charge < -0.3 is 9.47 Å². The minimum atomic E-state index is -0.241. The number of nitrogens with one attached hydrogen (secondary N) is 1. The number of nitrogens with zero attached hydrogens (tertiary/aromatic N) is 1. The van der Waals surface area contributed by atoms with E-state index in [0.717, 1.165) is 34.7 Å². The first-order valence-electron chi connectivity index (χ1n) is 9.60. The number of para-hydroxylation sites is 2. The van der Waals surface area contributed by atoms with Gasteiger partial charge in [0.2, 0.25) is 5.91 Å². The van der Waals surface area contributed by atoms with E-state index in [9.17, 15) is 4.79 Å². The number of hydrogen-bond donors (Lipinski definition) is 1. The molecule has 5 nitrogen and oxygen atoms in total. The number of ether oxygens (including phenoxy) is 2. The number of aromatic nitrogens is 1. The second kappa shape index (κ2) is 10.4. The molecule has 1 heterocycles. The van der Waals surface area contributed by atoms with Crippen LogP contribution >= 0.6 is 11.3 Å². The molecule has 0 saturated carbocycles. The molecule has 3 rings (SSSR count). The van der Waals surface area contributed by atoms with Crippen molar-refractivity contribution >= 4 is 28.5 Å². The van der Waals surface area contributed by atoms with Gasteiger partial charge in [-0.2, -0.15) is 0 Å². The Morgan fingerprint density at radius 1 is 1.07 bits per heavy atom. The Labute approximate surface area is 175 Å². The zero-order valence-corrected chi connectivity index (χ0v) is 17.4. The van der Waals surface area contributed by atoms with Gasteiger partial charge in [0.05, 0.1) is 18.9 Å². The number of amides is 1. The fourth-order valence-corrected chi connectivity index (χ4v) is 3.40. The molecule has 1 amide bonds. The average Bonchev–Trinajstić information content (AvgIpc) is 3.20. The van der Waals surface area contributed by atoms with Crippen LogP contribution in [-0.2, 0) is 4.79 Å². The number of hydrogen-bond acceptors (Lipinski definition) is 5. The van der Waals surface area contributed by atoms with Crippen molar-refractivity contribution < 1.29 is 14.3 Å². The lowest BCUT2D eigenvalue weighted by atomic mass is 10.1. The van der Waals surface area contributed by atoms with Crippen LogP contribution in [0, 0.1) is 0 Å². The Morgan fingerprint density at radius 2 is 1.83 bits per heavy atom. The summed E-state index contributed by atoms with van der Waals surface area (Å²) < 4.78 is 11.4. The third-order valence-corrected chi connectivity index (χ3v) is 4.75.